The molecule has 1 amide bonds. The van der Waals surface area contributed by atoms with E-state index in [2.05, 4.69) is 14.0 Å². The lowest BCUT2D eigenvalue weighted by molar-refractivity contribution is -0.121. The molecular formula is C11H16NO3P. The van der Waals surface area contributed by atoms with E-state index in [1.807, 2.05) is 31.2 Å². The van der Waals surface area contributed by atoms with Gasteiger partial charge in [0, 0.05) is 13.7 Å². The molecule has 0 aromatic heterocycles. The maximum absolute atomic E-state index is 11.4. The molecule has 0 spiro atoms. The van der Waals surface area contributed by atoms with Crippen LogP contribution in [0.4, 0.5) is 5.69 Å². The molecule has 0 N–H and O–H groups in total. The van der Waals surface area contributed by atoms with Crippen molar-refractivity contribution in [2.75, 3.05) is 25.2 Å². The summed E-state index contributed by atoms with van der Waals surface area (Å²) in [6.07, 6.45) is 0. The number of hydrogen-bond donors (Lipinski definition) is 0. The Balaban J connectivity index is 0.000000386. The van der Waals surface area contributed by atoms with Crippen LogP contribution in [0.1, 0.15) is 6.92 Å². The molecule has 1 aromatic carbocycles. The highest BCUT2D eigenvalue weighted by Crippen LogP contribution is 2.30. The van der Waals surface area contributed by atoms with E-state index in [-0.39, 0.29) is 12.5 Å². The Morgan fingerprint density at radius 2 is 2.12 bits per heavy atom. The molecule has 4 nitrogen and oxygen atoms in total. The Kier molecular flexibility index (Phi) is 5.23. The van der Waals surface area contributed by atoms with Crippen molar-refractivity contribution in [3.8, 4) is 5.75 Å². The summed E-state index contributed by atoms with van der Waals surface area (Å²) in [5.74, 6) is 0.824. The first-order valence-corrected chi connectivity index (χ1v) is 5.46. The van der Waals surface area contributed by atoms with Crippen LogP contribution in [-0.2, 0) is 9.32 Å². The van der Waals surface area contributed by atoms with Crippen molar-refractivity contribution in [1.82, 2.24) is 0 Å². The fourth-order valence-electron chi connectivity index (χ4n) is 1.50. The lowest BCUT2D eigenvalue weighted by Gasteiger charge is -2.27. The van der Waals surface area contributed by atoms with Crippen molar-refractivity contribution in [2.45, 2.75) is 6.92 Å². The number of carbonyl (C=O) groups excluding carboxylic acids is 1. The van der Waals surface area contributed by atoms with Crippen LogP contribution in [0.25, 0.3) is 0 Å². The second-order valence-electron chi connectivity index (χ2n) is 3.13. The van der Waals surface area contributed by atoms with Crippen LogP contribution in [0.15, 0.2) is 24.3 Å². The van der Waals surface area contributed by atoms with Gasteiger partial charge in [-0.1, -0.05) is 12.1 Å². The number of hydrogen-bond acceptors (Lipinski definition) is 3. The van der Waals surface area contributed by atoms with Crippen LogP contribution < -0.4 is 9.64 Å². The van der Waals surface area contributed by atoms with Crippen molar-refractivity contribution in [3.05, 3.63) is 24.3 Å². The Hall–Kier alpha value is -1.12. The number of likely N-dealkylation sites (N-methyl/N-ethyl adjacent to an activating group) is 1. The molecule has 0 fully saturated rings. The topological polar surface area (TPSA) is 38.8 Å². The van der Waals surface area contributed by atoms with Gasteiger partial charge in [-0.05, 0) is 28.5 Å². The Labute approximate surface area is 97.8 Å². The fourth-order valence-corrected chi connectivity index (χ4v) is 1.50. The number of amides is 1. The SMILES string of the molecule is CCN1C(=O)COc2ccccc21.COP. The van der Waals surface area contributed by atoms with Crippen LogP contribution in [0.2, 0.25) is 0 Å². The summed E-state index contributed by atoms with van der Waals surface area (Å²) in [7, 11) is 3.67. The third-order valence-corrected chi connectivity index (χ3v) is 2.12. The predicted octanol–water partition coefficient (Wildman–Crippen LogP) is 1.85. The van der Waals surface area contributed by atoms with Gasteiger partial charge in [0.15, 0.2) is 6.61 Å². The molecule has 88 valence electrons. The molecule has 0 radical (unpaired) electrons. The van der Waals surface area contributed by atoms with Crippen LogP contribution >= 0.6 is 9.47 Å². The molecule has 1 heterocycles. The highest BCUT2D eigenvalue weighted by Gasteiger charge is 2.22. The Morgan fingerprint density at radius 1 is 1.50 bits per heavy atom. The van der Waals surface area contributed by atoms with Crippen LogP contribution in [0, 0.1) is 0 Å². The molecule has 0 saturated heterocycles. The number of para-hydroxylation sites is 2. The van der Waals surface area contributed by atoms with E-state index < -0.39 is 0 Å². The van der Waals surface area contributed by atoms with E-state index >= 15 is 0 Å². The summed E-state index contributed by atoms with van der Waals surface area (Å²) in [6, 6.07) is 7.59. The Bertz CT molecular complexity index is 357. The smallest absolute Gasteiger partial charge is 0.265 e. The van der Waals surface area contributed by atoms with Gasteiger partial charge < -0.3 is 14.2 Å². The van der Waals surface area contributed by atoms with Crippen molar-refractivity contribution in [3.63, 3.8) is 0 Å². The zero-order chi connectivity index (χ0) is 12.0. The standard InChI is InChI=1S/C10H11NO2.CH5OP/c1-2-11-8-5-3-4-6-9(8)13-7-10(11)12;1-2-3/h3-6H,2,7H2,1H3;3H2,1H3. The average Bonchev–Trinajstić information content (AvgIpc) is 2.30. The number of rotatable bonds is 1. The van der Waals surface area contributed by atoms with Gasteiger partial charge in [-0.2, -0.15) is 0 Å². The average molecular weight is 241 g/mol. The molecule has 0 saturated carbocycles. The monoisotopic (exact) mass is 241 g/mol. The van der Waals surface area contributed by atoms with Gasteiger partial charge >= 0.3 is 0 Å². The minimum atomic E-state index is 0.0289. The normalized spacial score (nSPS) is 13.4. The largest absolute Gasteiger partial charge is 0.482 e. The highest BCUT2D eigenvalue weighted by molar-refractivity contribution is 7.09. The molecule has 2 rings (SSSR count). The van der Waals surface area contributed by atoms with Crippen molar-refractivity contribution >= 4 is 21.1 Å². The zero-order valence-corrected chi connectivity index (χ0v) is 10.6. The summed E-state index contributed by atoms with van der Waals surface area (Å²) in [5.41, 5.74) is 0.876. The van der Waals surface area contributed by atoms with E-state index in [9.17, 15) is 4.79 Å². The maximum atomic E-state index is 11.4. The second-order valence-corrected chi connectivity index (χ2v) is 3.60. The van der Waals surface area contributed by atoms with Gasteiger partial charge in [0.2, 0.25) is 0 Å². The number of nitrogens with zero attached hydrogens (tertiary/aromatic N) is 1. The molecule has 16 heavy (non-hydrogen) atoms. The molecular weight excluding hydrogens is 225 g/mol. The van der Waals surface area contributed by atoms with Gasteiger partial charge in [-0.15, -0.1) is 0 Å². The van der Waals surface area contributed by atoms with Gasteiger partial charge in [0.25, 0.3) is 5.91 Å². The van der Waals surface area contributed by atoms with Crippen LogP contribution in [0.3, 0.4) is 0 Å². The van der Waals surface area contributed by atoms with Gasteiger partial charge in [-0.25, -0.2) is 0 Å². The van der Waals surface area contributed by atoms with E-state index in [1.54, 1.807) is 12.0 Å². The minimum absolute atomic E-state index is 0.0289. The van der Waals surface area contributed by atoms with E-state index in [0.717, 1.165) is 11.4 Å². The van der Waals surface area contributed by atoms with Crippen molar-refractivity contribution < 1.29 is 14.1 Å². The van der Waals surface area contributed by atoms with E-state index in [1.165, 1.54) is 0 Å². The van der Waals surface area contributed by atoms with Gasteiger partial charge in [0.05, 0.1) is 5.69 Å². The third kappa shape index (κ3) is 2.94. The predicted molar refractivity (Wildman–Crippen MR) is 66.7 cm³/mol. The highest BCUT2D eigenvalue weighted by atomic mass is 31.0. The van der Waals surface area contributed by atoms with Gasteiger partial charge in [-0.3, -0.25) is 4.79 Å². The molecule has 5 heteroatoms. The van der Waals surface area contributed by atoms with Crippen molar-refractivity contribution in [1.29, 1.82) is 0 Å². The van der Waals surface area contributed by atoms with E-state index in [0.29, 0.717) is 6.54 Å². The summed E-state index contributed by atoms with van der Waals surface area (Å²) >= 11 is 0. The zero-order valence-electron chi connectivity index (χ0n) is 9.47. The number of carbonyl (C=O) groups is 1. The molecule has 1 aliphatic rings. The summed E-state index contributed by atoms with van der Waals surface area (Å²) < 4.78 is 9.44. The first kappa shape index (κ1) is 12.9. The van der Waals surface area contributed by atoms with E-state index in [4.69, 9.17) is 4.74 Å². The molecule has 1 aromatic rings. The molecule has 0 aliphatic carbocycles. The molecule has 1 aliphatic heterocycles. The lowest BCUT2D eigenvalue weighted by Crippen LogP contribution is -2.38. The third-order valence-electron chi connectivity index (χ3n) is 2.12. The number of benzene rings is 1. The number of ether oxygens (including phenoxy) is 1. The summed E-state index contributed by atoms with van der Waals surface area (Å²) in [4.78, 5) is 13.1. The van der Waals surface area contributed by atoms with Crippen molar-refractivity contribution in [2.24, 2.45) is 0 Å². The van der Waals surface area contributed by atoms with Gasteiger partial charge in [0.1, 0.15) is 5.75 Å². The number of fused-ring (bicyclic) bond motifs is 1. The number of anilines is 1. The first-order valence-electron chi connectivity index (χ1n) is 4.99. The second kappa shape index (κ2) is 6.46. The molecule has 1 unspecified atom stereocenters. The minimum Gasteiger partial charge on any atom is -0.482 e. The maximum Gasteiger partial charge on any atom is 0.265 e. The lowest BCUT2D eigenvalue weighted by atomic mass is 10.2. The molecule has 1 atom stereocenters. The fraction of sp³-hybridized carbons (Fsp3) is 0.364. The quantitative estimate of drug-likeness (QED) is 0.704. The summed E-state index contributed by atoms with van der Waals surface area (Å²) in [5, 5.41) is 0. The van der Waals surface area contributed by atoms with Crippen LogP contribution in [-0.4, -0.2) is 26.2 Å². The molecule has 0 bridgehead atoms. The first-order chi connectivity index (χ1) is 7.74. The van der Waals surface area contributed by atoms with Crippen LogP contribution in [0.5, 0.6) is 5.75 Å². The summed E-state index contributed by atoms with van der Waals surface area (Å²) in [6.45, 7) is 2.81. The Morgan fingerprint density at radius 3 is 2.75 bits per heavy atom.